The van der Waals surface area contributed by atoms with Crippen molar-refractivity contribution in [2.75, 3.05) is 14.2 Å². The van der Waals surface area contributed by atoms with E-state index in [-0.39, 0.29) is 11.6 Å². The molecule has 0 radical (unpaired) electrons. The minimum absolute atomic E-state index is 0.0686. The summed E-state index contributed by atoms with van der Waals surface area (Å²) < 4.78 is 5.92. The monoisotopic (exact) mass is 267 g/mol. The second-order valence-electron chi connectivity index (χ2n) is 5.10. The first-order valence-electron chi connectivity index (χ1n) is 6.70. The first-order valence-corrected chi connectivity index (χ1v) is 7.07. The van der Waals surface area contributed by atoms with Crippen LogP contribution in [0.4, 0.5) is 0 Å². The summed E-state index contributed by atoms with van der Waals surface area (Å²) in [5.41, 5.74) is 1.19. The van der Waals surface area contributed by atoms with Gasteiger partial charge in [0.25, 0.3) is 0 Å². The Hall–Kier alpha value is -0.570. The molecule has 2 nitrogen and oxygen atoms in total. The summed E-state index contributed by atoms with van der Waals surface area (Å²) in [6.07, 6.45) is 6.07. The maximum atomic E-state index is 5.96. The highest BCUT2D eigenvalue weighted by Crippen LogP contribution is 2.41. The molecule has 0 bridgehead atoms. The van der Waals surface area contributed by atoms with Crippen LogP contribution in [0.5, 0.6) is 0 Å². The summed E-state index contributed by atoms with van der Waals surface area (Å²) in [5, 5.41) is 4.21. The molecule has 18 heavy (non-hydrogen) atoms. The number of halogens is 1. The van der Waals surface area contributed by atoms with Crippen LogP contribution in [-0.4, -0.2) is 19.8 Å². The van der Waals surface area contributed by atoms with Gasteiger partial charge in [0.15, 0.2) is 0 Å². The molecule has 2 rings (SSSR count). The van der Waals surface area contributed by atoms with E-state index in [0.717, 1.165) is 17.9 Å². The molecule has 1 aliphatic carbocycles. The Morgan fingerprint density at radius 1 is 1.17 bits per heavy atom. The third-order valence-electron chi connectivity index (χ3n) is 4.12. The van der Waals surface area contributed by atoms with Gasteiger partial charge in [0.2, 0.25) is 0 Å². The van der Waals surface area contributed by atoms with Gasteiger partial charge in [-0.1, -0.05) is 43.0 Å². The third kappa shape index (κ3) is 2.71. The summed E-state index contributed by atoms with van der Waals surface area (Å²) >= 11 is 5.96. The highest BCUT2D eigenvalue weighted by atomic mass is 35.5. The standard InChI is InChI=1S/C15H22ClNO/c1-17-14(12-6-8-13(16)9-7-12)15(18-2)10-4-3-5-11-15/h6-9,14,17H,3-5,10-11H2,1-2H3. The molecule has 0 aliphatic heterocycles. The van der Waals surface area contributed by atoms with Crippen molar-refractivity contribution in [3.05, 3.63) is 34.9 Å². The number of nitrogens with one attached hydrogen (secondary N) is 1. The maximum absolute atomic E-state index is 5.96. The molecule has 0 amide bonds. The van der Waals surface area contributed by atoms with Crippen LogP contribution in [0.2, 0.25) is 5.02 Å². The van der Waals surface area contributed by atoms with Gasteiger partial charge in [-0.05, 0) is 37.6 Å². The molecule has 1 aromatic carbocycles. The van der Waals surface area contributed by atoms with Gasteiger partial charge in [-0.15, -0.1) is 0 Å². The van der Waals surface area contributed by atoms with Crippen molar-refractivity contribution in [1.29, 1.82) is 0 Å². The lowest BCUT2D eigenvalue weighted by Crippen LogP contribution is -2.45. The lowest BCUT2D eigenvalue weighted by Gasteiger charge is -2.42. The van der Waals surface area contributed by atoms with Crippen molar-refractivity contribution in [2.24, 2.45) is 0 Å². The molecule has 0 spiro atoms. The molecule has 3 heteroatoms. The van der Waals surface area contributed by atoms with Crippen LogP contribution in [0.1, 0.15) is 43.7 Å². The average Bonchev–Trinajstić information content (AvgIpc) is 2.43. The minimum atomic E-state index is -0.0686. The van der Waals surface area contributed by atoms with Crippen molar-refractivity contribution in [1.82, 2.24) is 5.32 Å². The fourth-order valence-electron chi connectivity index (χ4n) is 3.15. The maximum Gasteiger partial charge on any atom is 0.0872 e. The number of rotatable bonds is 4. The Morgan fingerprint density at radius 3 is 2.28 bits per heavy atom. The SMILES string of the molecule is CNC(c1ccc(Cl)cc1)C1(OC)CCCCC1. The quantitative estimate of drug-likeness (QED) is 0.892. The van der Waals surface area contributed by atoms with Gasteiger partial charge in [-0.2, -0.15) is 0 Å². The Labute approximate surface area is 115 Å². The van der Waals surface area contributed by atoms with Gasteiger partial charge >= 0.3 is 0 Å². The number of benzene rings is 1. The molecule has 0 heterocycles. The second-order valence-corrected chi connectivity index (χ2v) is 5.54. The zero-order valence-electron chi connectivity index (χ0n) is 11.2. The van der Waals surface area contributed by atoms with E-state index in [0.29, 0.717) is 0 Å². The van der Waals surface area contributed by atoms with Crippen LogP contribution in [-0.2, 0) is 4.74 Å². The molecule has 1 fully saturated rings. The topological polar surface area (TPSA) is 21.3 Å². The minimum Gasteiger partial charge on any atom is -0.376 e. The van der Waals surface area contributed by atoms with Crippen molar-refractivity contribution in [3.8, 4) is 0 Å². The van der Waals surface area contributed by atoms with Crippen LogP contribution >= 0.6 is 11.6 Å². The van der Waals surface area contributed by atoms with Gasteiger partial charge in [-0.25, -0.2) is 0 Å². The van der Waals surface area contributed by atoms with Gasteiger partial charge in [-0.3, -0.25) is 0 Å². The number of hydrogen-bond acceptors (Lipinski definition) is 2. The summed E-state index contributed by atoms with van der Waals surface area (Å²) in [7, 11) is 3.85. The molecular weight excluding hydrogens is 246 g/mol. The van der Waals surface area contributed by atoms with E-state index in [9.17, 15) is 0 Å². The van der Waals surface area contributed by atoms with Crippen LogP contribution in [0.15, 0.2) is 24.3 Å². The molecule has 1 unspecified atom stereocenters. The Balaban J connectivity index is 2.27. The highest BCUT2D eigenvalue weighted by Gasteiger charge is 2.40. The molecule has 1 N–H and O–H groups in total. The zero-order valence-corrected chi connectivity index (χ0v) is 12.0. The Kier molecular flexibility index (Phi) is 4.66. The summed E-state index contributed by atoms with van der Waals surface area (Å²) in [6, 6.07) is 8.33. The molecule has 0 aromatic heterocycles. The molecule has 0 saturated heterocycles. The number of hydrogen-bond donors (Lipinski definition) is 1. The summed E-state index contributed by atoms with van der Waals surface area (Å²) in [4.78, 5) is 0. The van der Waals surface area contributed by atoms with E-state index in [2.05, 4.69) is 17.4 Å². The van der Waals surface area contributed by atoms with E-state index < -0.39 is 0 Å². The largest absolute Gasteiger partial charge is 0.376 e. The number of likely N-dealkylation sites (N-methyl/N-ethyl adjacent to an activating group) is 1. The second kappa shape index (κ2) is 6.05. The number of methoxy groups -OCH3 is 1. The van der Waals surface area contributed by atoms with Gasteiger partial charge in [0, 0.05) is 12.1 Å². The fourth-order valence-corrected chi connectivity index (χ4v) is 3.28. The summed E-state index contributed by atoms with van der Waals surface area (Å²) in [5.74, 6) is 0. The first kappa shape index (κ1) is 13.9. The average molecular weight is 268 g/mol. The Bertz CT molecular complexity index is 371. The molecule has 100 valence electrons. The molecule has 1 aliphatic rings. The first-order chi connectivity index (χ1) is 8.72. The van der Waals surface area contributed by atoms with Crippen molar-refractivity contribution in [2.45, 2.75) is 43.7 Å². The van der Waals surface area contributed by atoms with Crippen LogP contribution in [0, 0.1) is 0 Å². The predicted molar refractivity (Wildman–Crippen MR) is 76.1 cm³/mol. The van der Waals surface area contributed by atoms with Crippen molar-refractivity contribution < 1.29 is 4.74 Å². The van der Waals surface area contributed by atoms with Crippen molar-refractivity contribution >= 4 is 11.6 Å². The normalized spacial score (nSPS) is 20.6. The zero-order chi connectivity index (χ0) is 13.0. The number of ether oxygens (including phenoxy) is 1. The fraction of sp³-hybridized carbons (Fsp3) is 0.600. The molecule has 1 atom stereocenters. The summed E-state index contributed by atoms with van der Waals surface area (Å²) in [6.45, 7) is 0. The van der Waals surface area contributed by atoms with E-state index in [1.54, 1.807) is 0 Å². The van der Waals surface area contributed by atoms with Gasteiger partial charge in [0.05, 0.1) is 11.6 Å². The highest BCUT2D eigenvalue weighted by molar-refractivity contribution is 6.30. The lowest BCUT2D eigenvalue weighted by molar-refractivity contribution is -0.0671. The molecule has 1 saturated carbocycles. The van der Waals surface area contributed by atoms with Crippen LogP contribution in [0.3, 0.4) is 0 Å². The molecule has 1 aromatic rings. The van der Waals surface area contributed by atoms with E-state index in [1.165, 1.54) is 24.8 Å². The van der Waals surface area contributed by atoms with Crippen LogP contribution in [0.25, 0.3) is 0 Å². The van der Waals surface area contributed by atoms with E-state index in [1.807, 2.05) is 26.3 Å². The predicted octanol–water partition coefficient (Wildman–Crippen LogP) is 3.95. The van der Waals surface area contributed by atoms with Crippen LogP contribution < -0.4 is 5.32 Å². The molecular formula is C15H22ClNO. The van der Waals surface area contributed by atoms with E-state index >= 15 is 0 Å². The lowest BCUT2D eigenvalue weighted by atomic mass is 9.76. The van der Waals surface area contributed by atoms with Gasteiger partial charge < -0.3 is 10.1 Å². The smallest absolute Gasteiger partial charge is 0.0872 e. The van der Waals surface area contributed by atoms with Crippen molar-refractivity contribution in [3.63, 3.8) is 0 Å². The Morgan fingerprint density at radius 2 is 1.78 bits per heavy atom. The third-order valence-corrected chi connectivity index (χ3v) is 4.38. The van der Waals surface area contributed by atoms with E-state index in [4.69, 9.17) is 16.3 Å². The van der Waals surface area contributed by atoms with Gasteiger partial charge in [0.1, 0.15) is 0 Å².